The largest absolute Gasteiger partial charge is 0.393 e. The van der Waals surface area contributed by atoms with Crippen molar-refractivity contribution in [3.05, 3.63) is 53.4 Å². The second-order valence-corrected chi connectivity index (χ2v) is 9.14. The van der Waals surface area contributed by atoms with Crippen LogP contribution in [0.3, 0.4) is 0 Å². The first kappa shape index (κ1) is 22.0. The number of amides is 1. The van der Waals surface area contributed by atoms with Crippen molar-refractivity contribution in [1.82, 2.24) is 15.4 Å². The molecular weight excluding hydrogens is 394 g/mol. The highest BCUT2D eigenvalue weighted by molar-refractivity contribution is 5.91. The molecule has 0 unspecified atom stereocenters. The van der Waals surface area contributed by atoms with Gasteiger partial charge < -0.3 is 20.1 Å². The van der Waals surface area contributed by atoms with Crippen molar-refractivity contribution in [3.8, 4) is 0 Å². The summed E-state index contributed by atoms with van der Waals surface area (Å²) in [6.07, 6.45) is 4.08. The number of rotatable bonds is 5. The molecule has 2 aliphatic rings. The highest BCUT2D eigenvalue weighted by atomic mass is 16.5. The Morgan fingerprint density at radius 1 is 1.16 bits per heavy atom. The topological polar surface area (TPSA) is 98.8 Å². The number of hydrogen-bond donors (Lipinski definition) is 3. The number of likely N-dealkylation sites (tertiary alicyclic amines) is 1. The number of carbonyl (C=O) groups excluding carboxylic acids is 1. The molecule has 2 fully saturated rings. The molecule has 1 saturated carbocycles. The van der Waals surface area contributed by atoms with Crippen molar-refractivity contribution in [2.24, 2.45) is 0 Å². The van der Waals surface area contributed by atoms with Crippen LogP contribution in [0.15, 0.2) is 40.9 Å². The third-order valence-electron chi connectivity index (χ3n) is 7.07. The second kappa shape index (κ2) is 9.51. The Bertz CT molecular complexity index is 863. The van der Waals surface area contributed by atoms with Crippen LogP contribution in [0.1, 0.15) is 60.3 Å². The summed E-state index contributed by atoms with van der Waals surface area (Å²) in [6, 6.07) is 12.0. The summed E-state index contributed by atoms with van der Waals surface area (Å²) in [4.78, 5) is 15.0. The first-order valence-corrected chi connectivity index (χ1v) is 11.3. The SMILES string of the molecule is Cc1cc(C(=O)NC[C@@]2(c3ccccc3)CC[C@H](O)[C@@H](N3CCC(O)CC3)CC2)on1. The molecule has 31 heavy (non-hydrogen) atoms. The van der Waals surface area contributed by atoms with Crippen LogP contribution in [-0.4, -0.2) is 64.1 Å². The molecule has 1 amide bonds. The second-order valence-electron chi connectivity index (χ2n) is 9.14. The van der Waals surface area contributed by atoms with E-state index < -0.39 is 6.10 Å². The molecule has 0 spiro atoms. The van der Waals surface area contributed by atoms with E-state index in [9.17, 15) is 15.0 Å². The monoisotopic (exact) mass is 427 g/mol. The highest BCUT2D eigenvalue weighted by Crippen LogP contribution is 2.39. The molecule has 168 valence electrons. The Morgan fingerprint density at radius 3 is 2.55 bits per heavy atom. The first-order chi connectivity index (χ1) is 15.0. The van der Waals surface area contributed by atoms with Gasteiger partial charge in [0.1, 0.15) is 0 Å². The normalized spacial score (nSPS) is 28.2. The summed E-state index contributed by atoms with van der Waals surface area (Å²) in [6.45, 7) is 3.91. The van der Waals surface area contributed by atoms with E-state index in [1.807, 2.05) is 18.2 Å². The summed E-state index contributed by atoms with van der Waals surface area (Å²) >= 11 is 0. The van der Waals surface area contributed by atoms with Gasteiger partial charge in [0, 0.05) is 37.2 Å². The van der Waals surface area contributed by atoms with Crippen LogP contribution in [0.25, 0.3) is 0 Å². The Kier molecular flexibility index (Phi) is 6.74. The van der Waals surface area contributed by atoms with Gasteiger partial charge in [-0.2, -0.15) is 0 Å². The fraction of sp³-hybridized carbons (Fsp3) is 0.583. The van der Waals surface area contributed by atoms with Crippen molar-refractivity contribution in [2.45, 2.75) is 69.1 Å². The average Bonchev–Trinajstić information content (AvgIpc) is 3.15. The number of aliphatic hydroxyl groups excluding tert-OH is 2. The predicted molar refractivity (Wildman–Crippen MR) is 117 cm³/mol. The van der Waals surface area contributed by atoms with E-state index in [1.165, 1.54) is 5.56 Å². The van der Waals surface area contributed by atoms with Crippen molar-refractivity contribution in [3.63, 3.8) is 0 Å². The van der Waals surface area contributed by atoms with Gasteiger partial charge in [-0.3, -0.25) is 9.69 Å². The summed E-state index contributed by atoms with van der Waals surface area (Å²) in [5.41, 5.74) is 1.61. The van der Waals surface area contributed by atoms with Gasteiger partial charge >= 0.3 is 0 Å². The van der Waals surface area contributed by atoms with Crippen LogP contribution in [0, 0.1) is 6.92 Å². The van der Waals surface area contributed by atoms with Gasteiger partial charge in [-0.25, -0.2) is 0 Å². The van der Waals surface area contributed by atoms with Gasteiger partial charge in [-0.1, -0.05) is 35.5 Å². The smallest absolute Gasteiger partial charge is 0.289 e. The number of hydrogen-bond acceptors (Lipinski definition) is 6. The third-order valence-corrected chi connectivity index (χ3v) is 7.07. The zero-order valence-electron chi connectivity index (χ0n) is 18.2. The zero-order valence-corrected chi connectivity index (χ0v) is 18.2. The summed E-state index contributed by atoms with van der Waals surface area (Å²) in [5, 5.41) is 27.7. The van der Waals surface area contributed by atoms with Gasteiger partial charge in [-0.05, 0) is 51.0 Å². The summed E-state index contributed by atoms with van der Waals surface area (Å²) in [5.74, 6) is -0.0404. The molecule has 0 bridgehead atoms. The average molecular weight is 428 g/mol. The van der Waals surface area contributed by atoms with Gasteiger partial charge in [0.25, 0.3) is 5.91 Å². The van der Waals surface area contributed by atoms with Crippen LogP contribution < -0.4 is 5.32 Å². The van der Waals surface area contributed by atoms with Gasteiger partial charge in [-0.15, -0.1) is 0 Å². The van der Waals surface area contributed by atoms with Gasteiger partial charge in [0.05, 0.1) is 17.9 Å². The maximum atomic E-state index is 12.6. The lowest BCUT2D eigenvalue weighted by atomic mass is 9.74. The first-order valence-electron chi connectivity index (χ1n) is 11.3. The van der Waals surface area contributed by atoms with Crippen LogP contribution in [0.4, 0.5) is 0 Å². The third kappa shape index (κ3) is 5.00. The fourth-order valence-corrected chi connectivity index (χ4v) is 5.17. The molecule has 1 aromatic heterocycles. The number of nitrogens with zero attached hydrogens (tertiary/aromatic N) is 2. The van der Waals surface area contributed by atoms with Crippen LogP contribution in [0.2, 0.25) is 0 Å². The summed E-state index contributed by atoms with van der Waals surface area (Å²) < 4.78 is 5.12. The lowest BCUT2D eigenvalue weighted by Gasteiger charge is -2.38. The molecular formula is C24H33N3O4. The summed E-state index contributed by atoms with van der Waals surface area (Å²) in [7, 11) is 0. The number of aromatic nitrogens is 1. The number of aliphatic hydroxyl groups is 2. The van der Waals surface area contributed by atoms with Crippen molar-refractivity contribution in [1.29, 1.82) is 0 Å². The Balaban J connectivity index is 1.52. The molecule has 1 saturated heterocycles. The molecule has 0 radical (unpaired) electrons. The van der Waals surface area contributed by atoms with Gasteiger partial charge in [0.15, 0.2) is 0 Å². The molecule has 7 nitrogen and oxygen atoms in total. The lowest BCUT2D eigenvalue weighted by Crippen LogP contribution is -2.48. The lowest BCUT2D eigenvalue weighted by molar-refractivity contribution is 0.00482. The molecule has 1 aromatic carbocycles. The fourth-order valence-electron chi connectivity index (χ4n) is 5.17. The number of aryl methyl sites for hydroxylation is 1. The van der Waals surface area contributed by atoms with E-state index in [2.05, 4.69) is 27.5 Å². The van der Waals surface area contributed by atoms with E-state index in [1.54, 1.807) is 13.0 Å². The van der Waals surface area contributed by atoms with E-state index in [-0.39, 0.29) is 29.2 Å². The zero-order chi connectivity index (χ0) is 21.8. The molecule has 2 aromatic rings. The van der Waals surface area contributed by atoms with E-state index in [4.69, 9.17) is 4.52 Å². The molecule has 2 heterocycles. The minimum atomic E-state index is -0.409. The van der Waals surface area contributed by atoms with E-state index in [0.29, 0.717) is 18.7 Å². The molecule has 4 rings (SSSR count). The maximum absolute atomic E-state index is 12.6. The van der Waals surface area contributed by atoms with Crippen molar-refractivity contribution in [2.75, 3.05) is 19.6 Å². The number of nitrogens with one attached hydrogen (secondary N) is 1. The van der Waals surface area contributed by atoms with Gasteiger partial charge in [0.2, 0.25) is 5.76 Å². The quantitative estimate of drug-likeness (QED) is 0.634. The van der Waals surface area contributed by atoms with Crippen LogP contribution in [0.5, 0.6) is 0 Å². The Hall–Kier alpha value is -2.22. The predicted octanol–water partition coefficient (Wildman–Crippen LogP) is 2.41. The molecule has 7 heteroatoms. The molecule has 3 N–H and O–H groups in total. The number of piperidine rings is 1. The standard InChI is InChI=1S/C24H33N3O4/c1-17-15-22(31-26-17)23(30)25-16-24(18-5-3-2-4-6-18)11-7-20(21(29)8-12-24)27-13-9-19(28)10-14-27/h2-6,15,19-21,28-29H,7-14,16H2,1H3,(H,25,30)/t20-,21-,24-/m0/s1. The molecule has 3 atom stereocenters. The Labute approximate surface area is 183 Å². The minimum absolute atomic E-state index is 0.0886. The van der Waals surface area contributed by atoms with Crippen molar-refractivity contribution >= 4 is 5.91 Å². The van der Waals surface area contributed by atoms with Crippen molar-refractivity contribution < 1.29 is 19.5 Å². The van der Waals surface area contributed by atoms with Crippen LogP contribution in [-0.2, 0) is 5.41 Å². The van der Waals surface area contributed by atoms with E-state index >= 15 is 0 Å². The minimum Gasteiger partial charge on any atom is -0.393 e. The maximum Gasteiger partial charge on any atom is 0.289 e. The molecule has 1 aliphatic heterocycles. The highest BCUT2D eigenvalue weighted by Gasteiger charge is 2.40. The number of carbonyl (C=O) groups is 1. The van der Waals surface area contributed by atoms with Crippen LogP contribution >= 0.6 is 0 Å². The number of benzene rings is 1. The Morgan fingerprint density at radius 2 is 1.87 bits per heavy atom. The molecule has 1 aliphatic carbocycles. The van der Waals surface area contributed by atoms with E-state index in [0.717, 1.165) is 45.2 Å².